The number of nitrogens with zero attached hydrogens (tertiary/aromatic N) is 4. The lowest BCUT2D eigenvalue weighted by atomic mass is 10.3. The second-order valence-electron chi connectivity index (χ2n) is 3.07. The van der Waals surface area contributed by atoms with Crippen molar-refractivity contribution in [2.45, 2.75) is 34.1 Å². The average molecular weight is 218 g/mol. The molecule has 86 valence electrons. The molecule has 0 saturated heterocycles. The summed E-state index contributed by atoms with van der Waals surface area (Å²) in [6.45, 7) is 8.01. The van der Waals surface area contributed by atoms with Gasteiger partial charge in [0, 0.05) is 18.6 Å². The third-order valence-electron chi connectivity index (χ3n) is 2.11. The van der Waals surface area contributed by atoms with Crippen LogP contribution in [0.15, 0.2) is 24.8 Å². The van der Waals surface area contributed by atoms with E-state index in [-0.39, 0.29) is 0 Å². The maximum Gasteiger partial charge on any atom is 0.156 e. The van der Waals surface area contributed by atoms with Crippen LogP contribution in [-0.4, -0.2) is 19.5 Å². The Morgan fingerprint density at radius 2 is 2.00 bits per heavy atom. The van der Waals surface area contributed by atoms with Crippen LogP contribution in [0.25, 0.3) is 5.82 Å². The van der Waals surface area contributed by atoms with Gasteiger partial charge in [0.1, 0.15) is 5.82 Å². The predicted octanol–water partition coefficient (Wildman–Crippen LogP) is 2.56. The zero-order valence-corrected chi connectivity index (χ0v) is 10.3. The first-order chi connectivity index (χ1) is 7.81. The summed E-state index contributed by atoms with van der Waals surface area (Å²) >= 11 is 0. The molecule has 2 rings (SSSR count). The van der Waals surface area contributed by atoms with Crippen molar-refractivity contribution < 1.29 is 0 Å². The zero-order valence-electron chi connectivity index (χ0n) is 10.3. The van der Waals surface area contributed by atoms with Gasteiger partial charge in [-0.1, -0.05) is 20.8 Å². The van der Waals surface area contributed by atoms with Crippen LogP contribution in [0.3, 0.4) is 0 Å². The first-order valence-electron chi connectivity index (χ1n) is 5.62. The fraction of sp³-hybridized carbons (Fsp3) is 0.417. The molecule has 2 aromatic rings. The molecule has 0 atom stereocenters. The molecule has 0 unspecified atom stereocenters. The molecule has 0 aromatic carbocycles. The second kappa shape index (κ2) is 6.00. The molecule has 0 radical (unpaired) electrons. The summed E-state index contributed by atoms with van der Waals surface area (Å²) in [5.74, 6) is 1.76. The van der Waals surface area contributed by atoms with Crippen LogP contribution < -0.4 is 0 Å². The lowest BCUT2D eigenvalue weighted by Gasteiger charge is -2.04. The van der Waals surface area contributed by atoms with Gasteiger partial charge in [-0.3, -0.25) is 9.55 Å². The molecule has 2 aromatic heterocycles. The monoisotopic (exact) mass is 218 g/mol. The van der Waals surface area contributed by atoms with Crippen LogP contribution in [0.4, 0.5) is 0 Å². The highest BCUT2D eigenvalue weighted by molar-refractivity contribution is 5.22. The molecule has 4 nitrogen and oxygen atoms in total. The molecule has 16 heavy (non-hydrogen) atoms. The van der Waals surface area contributed by atoms with E-state index in [2.05, 4.69) is 21.9 Å². The van der Waals surface area contributed by atoms with Crippen LogP contribution >= 0.6 is 0 Å². The van der Waals surface area contributed by atoms with E-state index in [1.165, 1.54) is 0 Å². The summed E-state index contributed by atoms with van der Waals surface area (Å²) in [4.78, 5) is 12.7. The Morgan fingerprint density at radius 1 is 1.25 bits per heavy atom. The lowest BCUT2D eigenvalue weighted by Crippen LogP contribution is -2.01. The van der Waals surface area contributed by atoms with Gasteiger partial charge in [-0.2, -0.15) is 0 Å². The van der Waals surface area contributed by atoms with Crippen molar-refractivity contribution in [1.29, 1.82) is 0 Å². The van der Waals surface area contributed by atoms with Gasteiger partial charge < -0.3 is 0 Å². The second-order valence-corrected chi connectivity index (χ2v) is 3.07. The molecule has 0 saturated carbocycles. The lowest BCUT2D eigenvalue weighted by molar-refractivity contribution is 0.885. The normalized spacial score (nSPS) is 9.50. The summed E-state index contributed by atoms with van der Waals surface area (Å²) in [5, 5.41) is 0. The molecule has 0 fully saturated rings. The first-order valence-corrected chi connectivity index (χ1v) is 5.62. The molecule has 0 bridgehead atoms. The Kier molecular flexibility index (Phi) is 4.64. The number of hydrogen-bond donors (Lipinski definition) is 0. The third-order valence-corrected chi connectivity index (χ3v) is 2.11. The number of imidazole rings is 1. The van der Waals surface area contributed by atoms with E-state index in [0.717, 1.165) is 23.8 Å². The Labute approximate surface area is 96.4 Å². The zero-order chi connectivity index (χ0) is 12.0. The summed E-state index contributed by atoms with van der Waals surface area (Å²) < 4.78 is 1.92. The summed E-state index contributed by atoms with van der Waals surface area (Å²) in [6, 6.07) is 0. The van der Waals surface area contributed by atoms with Crippen LogP contribution in [0.5, 0.6) is 0 Å². The van der Waals surface area contributed by atoms with Crippen LogP contribution in [0.2, 0.25) is 0 Å². The minimum atomic E-state index is 0.833. The largest absolute Gasteiger partial charge is 0.287 e. The van der Waals surface area contributed by atoms with Crippen molar-refractivity contribution in [1.82, 2.24) is 19.5 Å². The van der Waals surface area contributed by atoms with Crippen molar-refractivity contribution in [2.75, 3.05) is 0 Å². The average Bonchev–Trinajstić information content (AvgIpc) is 2.78. The minimum absolute atomic E-state index is 0.833. The smallest absolute Gasteiger partial charge is 0.156 e. The topological polar surface area (TPSA) is 43.6 Å². The summed E-state index contributed by atoms with van der Waals surface area (Å²) in [6.07, 6.45) is 8.08. The van der Waals surface area contributed by atoms with Gasteiger partial charge in [0.15, 0.2) is 5.82 Å². The Hall–Kier alpha value is -1.71. The SMILES string of the molecule is CC.CCc1cncc(-n2ccnc2C)n1. The fourth-order valence-electron chi connectivity index (χ4n) is 1.30. The molecular formula is C12H18N4. The van der Waals surface area contributed by atoms with Crippen molar-refractivity contribution in [3.63, 3.8) is 0 Å². The molecule has 0 spiro atoms. The number of rotatable bonds is 2. The maximum absolute atomic E-state index is 4.46. The van der Waals surface area contributed by atoms with Crippen LogP contribution in [0.1, 0.15) is 32.3 Å². The van der Waals surface area contributed by atoms with Crippen molar-refractivity contribution in [3.05, 3.63) is 36.3 Å². The Bertz CT molecular complexity index is 434. The number of aromatic nitrogens is 4. The van der Waals surface area contributed by atoms with Gasteiger partial charge in [0.25, 0.3) is 0 Å². The van der Waals surface area contributed by atoms with E-state index in [1.807, 2.05) is 31.5 Å². The third kappa shape index (κ3) is 2.66. The predicted molar refractivity (Wildman–Crippen MR) is 64.6 cm³/mol. The molecule has 4 heteroatoms. The highest BCUT2D eigenvalue weighted by Crippen LogP contribution is 2.06. The number of aryl methyl sites for hydroxylation is 2. The van der Waals surface area contributed by atoms with Gasteiger partial charge >= 0.3 is 0 Å². The van der Waals surface area contributed by atoms with Gasteiger partial charge in [-0.05, 0) is 13.3 Å². The van der Waals surface area contributed by atoms with E-state index in [4.69, 9.17) is 0 Å². The van der Waals surface area contributed by atoms with Gasteiger partial charge in [-0.15, -0.1) is 0 Å². The van der Waals surface area contributed by atoms with Crippen molar-refractivity contribution in [2.24, 2.45) is 0 Å². The highest BCUT2D eigenvalue weighted by Gasteiger charge is 2.02. The van der Waals surface area contributed by atoms with Crippen molar-refractivity contribution >= 4 is 0 Å². The summed E-state index contributed by atoms with van der Waals surface area (Å²) in [5.41, 5.74) is 0.996. The standard InChI is InChI=1S/C10H12N4.C2H6/c1-3-9-6-11-7-10(13-9)14-5-4-12-8(14)2;1-2/h4-7H,3H2,1-2H3;1-2H3. The number of hydrogen-bond acceptors (Lipinski definition) is 3. The van der Waals surface area contributed by atoms with Crippen LogP contribution in [0, 0.1) is 6.92 Å². The Balaban J connectivity index is 0.000000606. The molecule has 0 amide bonds. The molecule has 2 heterocycles. The van der Waals surface area contributed by atoms with E-state index in [0.29, 0.717) is 0 Å². The first kappa shape index (κ1) is 12.4. The molecule has 0 aliphatic rings. The molecule has 0 aliphatic heterocycles. The molecule has 0 aliphatic carbocycles. The highest BCUT2D eigenvalue weighted by atomic mass is 15.1. The summed E-state index contributed by atoms with van der Waals surface area (Å²) in [7, 11) is 0. The van der Waals surface area contributed by atoms with Crippen LogP contribution in [-0.2, 0) is 6.42 Å². The van der Waals surface area contributed by atoms with Crippen molar-refractivity contribution in [3.8, 4) is 5.82 Å². The van der Waals surface area contributed by atoms with E-state index in [9.17, 15) is 0 Å². The van der Waals surface area contributed by atoms with E-state index < -0.39 is 0 Å². The van der Waals surface area contributed by atoms with E-state index in [1.54, 1.807) is 18.6 Å². The fourth-order valence-corrected chi connectivity index (χ4v) is 1.30. The minimum Gasteiger partial charge on any atom is -0.287 e. The van der Waals surface area contributed by atoms with E-state index >= 15 is 0 Å². The van der Waals surface area contributed by atoms with Gasteiger partial charge in [-0.25, -0.2) is 9.97 Å². The maximum atomic E-state index is 4.46. The molecule has 0 N–H and O–H groups in total. The van der Waals surface area contributed by atoms with Gasteiger partial charge in [0.05, 0.1) is 11.9 Å². The Morgan fingerprint density at radius 3 is 2.56 bits per heavy atom. The quantitative estimate of drug-likeness (QED) is 0.778. The molecular weight excluding hydrogens is 200 g/mol. The van der Waals surface area contributed by atoms with Gasteiger partial charge in [0.2, 0.25) is 0 Å².